The van der Waals surface area contributed by atoms with E-state index >= 15 is 0 Å². The molecule has 6 unspecified atom stereocenters. The molecular weight excluding hydrogens is 556 g/mol. The number of hydrogen-bond acceptors (Lipinski definition) is 12. The molecule has 2 aromatic rings. The van der Waals surface area contributed by atoms with Crippen molar-refractivity contribution in [1.29, 1.82) is 5.41 Å². The van der Waals surface area contributed by atoms with E-state index in [2.05, 4.69) is 4.99 Å². The Morgan fingerprint density at radius 1 is 1.07 bits per heavy atom. The summed E-state index contributed by atoms with van der Waals surface area (Å²) in [5, 5.41) is 68.8. The molecular formula is C28H28N2O12. The third-order valence-electron chi connectivity index (χ3n) is 6.80. The lowest BCUT2D eigenvalue weighted by Gasteiger charge is -2.38. The van der Waals surface area contributed by atoms with Crippen molar-refractivity contribution in [1.82, 2.24) is 0 Å². The lowest BCUT2D eigenvalue weighted by atomic mass is 9.99. The number of rotatable bonds is 9. The van der Waals surface area contributed by atoms with E-state index in [0.717, 1.165) is 5.71 Å². The van der Waals surface area contributed by atoms with Crippen molar-refractivity contribution in [2.45, 2.75) is 43.2 Å². The number of amidine groups is 1. The third-order valence-corrected chi connectivity index (χ3v) is 6.80. The largest absolute Gasteiger partial charge is 0.507 e. The highest BCUT2D eigenvalue weighted by atomic mass is 16.7. The molecule has 2 aromatic carbocycles. The van der Waals surface area contributed by atoms with Gasteiger partial charge in [-0.1, -0.05) is 12.1 Å². The van der Waals surface area contributed by atoms with Crippen molar-refractivity contribution in [3.8, 4) is 28.7 Å². The molecule has 222 valence electrons. The summed E-state index contributed by atoms with van der Waals surface area (Å²) in [4.78, 5) is 15.5. The van der Waals surface area contributed by atoms with Crippen LogP contribution in [0.25, 0.3) is 5.76 Å². The summed E-state index contributed by atoms with van der Waals surface area (Å²) in [6, 6.07) is 8.12. The summed E-state index contributed by atoms with van der Waals surface area (Å²) in [5.41, 5.74) is 1.28. The van der Waals surface area contributed by atoms with Gasteiger partial charge in [-0.15, -0.1) is 0 Å². The fraction of sp³-hybridized carbons (Fsp3) is 0.321. The topological polar surface area (TPSA) is 221 Å². The molecule has 0 radical (unpaired) electrons. The van der Waals surface area contributed by atoms with Crippen LogP contribution in [0.1, 0.15) is 23.7 Å². The van der Waals surface area contributed by atoms with E-state index in [1.165, 1.54) is 19.3 Å². The third kappa shape index (κ3) is 5.60. The summed E-state index contributed by atoms with van der Waals surface area (Å²) in [7, 11) is 1.20. The number of carboxylic acid groups (broad SMARTS) is 1. The zero-order chi connectivity index (χ0) is 30.1. The van der Waals surface area contributed by atoms with Gasteiger partial charge in [0.1, 0.15) is 53.1 Å². The molecule has 42 heavy (non-hydrogen) atoms. The number of carboxylic acids is 1. The number of aliphatic hydroxyl groups is 4. The van der Waals surface area contributed by atoms with Crippen molar-refractivity contribution < 1.29 is 59.1 Å². The number of hydrogen-bond donors (Lipinski definition) is 7. The molecule has 3 aliphatic heterocycles. The lowest BCUT2D eigenvalue weighted by Crippen LogP contribution is -2.61. The smallest absolute Gasteiger partial charge is 0.335 e. The summed E-state index contributed by atoms with van der Waals surface area (Å²) >= 11 is 0. The second kappa shape index (κ2) is 11.7. The van der Waals surface area contributed by atoms with E-state index in [9.17, 15) is 35.4 Å². The maximum Gasteiger partial charge on any atom is 0.335 e. The maximum absolute atomic E-state index is 11.5. The van der Waals surface area contributed by atoms with E-state index in [1.807, 2.05) is 0 Å². The van der Waals surface area contributed by atoms with Gasteiger partial charge in [-0.05, 0) is 29.8 Å². The number of phenolic OH excluding ortho intramolecular Hbond substituents is 1. The van der Waals surface area contributed by atoms with E-state index in [1.54, 1.807) is 36.4 Å². The normalized spacial score (nSPS) is 26.5. The number of allylic oxidation sites excluding steroid dienone is 1. The highest BCUT2D eigenvalue weighted by Gasteiger charge is 2.48. The molecule has 0 amide bonds. The van der Waals surface area contributed by atoms with Crippen molar-refractivity contribution in [3.05, 3.63) is 59.7 Å². The molecule has 3 aliphatic rings. The van der Waals surface area contributed by atoms with Crippen LogP contribution < -0.4 is 18.9 Å². The number of aliphatic carboxylic acids is 1. The van der Waals surface area contributed by atoms with Crippen molar-refractivity contribution in [3.63, 3.8) is 0 Å². The summed E-state index contributed by atoms with van der Waals surface area (Å²) in [6.07, 6.45) is -4.91. The predicted molar refractivity (Wildman–Crippen MR) is 144 cm³/mol. The minimum atomic E-state index is -1.92. The Balaban J connectivity index is 1.34. The Hall–Kier alpha value is -4.63. The zero-order valence-electron chi connectivity index (χ0n) is 22.1. The first-order chi connectivity index (χ1) is 20.1. The lowest BCUT2D eigenvalue weighted by molar-refractivity contribution is -0.271. The van der Waals surface area contributed by atoms with Gasteiger partial charge >= 0.3 is 5.97 Å². The highest BCUT2D eigenvalue weighted by molar-refractivity contribution is 6.14. The molecule has 14 heteroatoms. The molecule has 5 rings (SSSR count). The van der Waals surface area contributed by atoms with Gasteiger partial charge in [-0.3, -0.25) is 5.41 Å². The number of nitrogens with one attached hydrogen (secondary N) is 1. The number of aromatic hydroxyl groups is 1. The number of benzene rings is 2. The number of fused-ring (bicyclic) bond motifs is 1. The molecule has 6 atom stereocenters. The van der Waals surface area contributed by atoms with Gasteiger partial charge in [0.25, 0.3) is 0 Å². The van der Waals surface area contributed by atoms with E-state index in [4.69, 9.17) is 29.1 Å². The molecule has 0 bridgehead atoms. The van der Waals surface area contributed by atoms with Gasteiger partial charge in [-0.2, -0.15) is 0 Å². The standard InChI is InChI=1S/C28H28N2O12/c1-38-25-18(41-28-24(35)22(33)23(34)26(42-28)27(36)37)11-17-20(21(25)32)15(31)10-16(40-17)12-2-5-14(6-3-12)39-9-8-13-4-7-19(29)30-13/h2-7,10-11,16,22-24,26,28-29,31-35H,8-9H2,1H3,(H,36,37). The van der Waals surface area contributed by atoms with Gasteiger partial charge < -0.3 is 54.3 Å². The minimum Gasteiger partial charge on any atom is -0.507 e. The van der Waals surface area contributed by atoms with Gasteiger partial charge in [0.05, 0.1) is 13.7 Å². The van der Waals surface area contributed by atoms with Gasteiger partial charge in [-0.25, -0.2) is 9.79 Å². The molecule has 0 aromatic heterocycles. The van der Waals surface area contributed by atoms with Crippen LogP contribution in [0.4, 0.5) is 0 Å². The van der Waals surface area contributed by atoms with Crippen LogP contribution >= 0.6 is 0 Å². The molecule has 0 aliphatic carbocycles. The van der Waals surface area contributed by atoms with Crippen LogP contribution in [0.3, 0.4) is 0 Å². The van der Waals surface area contributed by atoms with Gasteiger partial charge in [0, 0.05) is 24.3 Å². The highest BCUT2D eigenvalue weighted by Crippen LogP contribution is 2.50. The Labute approximate surface area is 238 Å². The first kappa shape index (κ1) is 28.9. The maximum atomic E-state index is 11.5. The monoisotopic (exact) mass is 584 g/mol. The Morgan fingerprint density at radius 3 is 2.45 bits per heavy atom. The van der Waals surface area contributed by atoms with E-state index in [-0.39, 0.29) is 34.4 Å². The average Bonchev–Trinajstić information content (AvgIpc) is 3.38. The number of nitrogens with zero attached hydrogens (tertiary/aromatic N) is 1. The number of methoxy groups -OCH3 is 1. The van der Waals surface area contributed by atoms with Gasteiger partial charge in [0.2, 0.25) is 12.0 Å². The average molecular weight is 585 g/mol. The molecule has 0 spiro atoms. The van der Waals surface area contributed by atoms with Crippen LogP contribution in [-0.2, 0) is 9.53 Å². The van der Waals surface area contributed by atoms with Crippen molar-refractivity contribution >= 4 is 23.3 Å². The quantitative estimate of drug-likeness (QED) is 0.223. The molecule has 1 fully saturated rings. The second-order valence-corrected chi connectivity index (χ2v) is 9.56. The first-order valence-corrected chi connectivity index (χ1v) is 12.7. The zero-order valence-corrected chi connectivity index (χ0v) is 22.1. The van der Waals surface area contributed by atoms with Crippen molar-refractivity contribution in [2.75, 3.05) is 13.7 Å². The Kier molecular flexibility index (Phi) is 8.04. The summed E-state index contributed by atoms with van der Waals surface area (Å²) in [5.74, 6) is -2.30. The summed E-state index contributed by atoms with van der Waals surface area (Å²) < 4.78 is 27.7. The van der Waals surface area contributed by atoms with Crippen LogP contribution in [0.5, 0.6) is 28.7 Å². The van der Waals surface area contributed by atoms with Crippen LogP contribution in [-0.4, -0.2) is 92.6 Å². The second-order valence-electron chi connectivity index (χ2n) is 9.56. The Morgan fingerprint density at radius 2 is 1.81 bits per heavy atom. The number of aliphatic imine (C=N–C) groups is 1. The van der Waals surface area contributed by atoms with E-state index < -0.39 is 48.5 Å². The number of carbonyl (C=O) groups is 1. The van der Waals surface area contributed by atoms with E-state index in [0.29, 0.717) is 24.3 Å². The fourth-order valence-corrected chi connectivity index (χ4v) is 4.64. The molecule has 14 nitrogen and oxygen atoms in total. The fourth-order valence-electron chi connectivity index (χ4n) is 4.64. The number of phenols is 1. The first-order valence-electron chi connectivity index (χ1n) is 12.7. The molecule has 1 saturated heterocycles. The SMILES string of the molecule is COc1c(OC2OC(C(=O)O)C(O)C(O)C2O)cc2c(c1O)C(O)=CC(c1ccc(OCCC3=NC(=N)C=C3)cc1)O2. The van der Waals surface area contributed by atoms with Gasteiger partial charge in [0.15, 0.2) is 17.6 Å². The number of aliphatic hydroxyl groups excluding tert-OH is 4. The summed E-state index contributed by atoms with van der Waals surface area (Å²) in [6.45, 7) is 0.357. The Bertz CT molecular complexity index is 1470. The molecule has 0 saturated carbocycles. The van der Waals surface area contributed by atoms with Crippen LogP contribution in [0.15, 0.2) is 53.6 Å². The molecule has 3 heterocycles. The van der Waals surface area contributed by atoms with Crippen molar-refractivity contribution in [2.24, 2.45) is 4.99 Å². The van der Waals surface area contributed by atoms with Crippen LogP contribution in [0.2, 0.25) is 0 Å². The minimum absolute atomic E-state index is 0.0368. The predicted octanol–water partition coefficient (Wildman–Crippen LogP) is 1.46. The molecule has 7 N–H and O–H groups in total. The number of ether oxygens (including phenoxy) is 5. The van der Waals surface area contributed by atoms with Crippen LogP contribution in [0, 0.1) is 5.41 Å².